The van der Waals surface area contributed by atoms with Gasteiger partial charge in [-0.2, -0.15) is 0 Å². The lowest BCUT2D eigenvalue weighted by Gasteiger charge is -2.18. The average Bonchev–Trinajstić information content (AvgIpc) is 3.37. The van der Waals surface area contributed by atoms with E-state index < -0.39 is 5.97 Å². The minimum absolute atomic E-state index is 0.0911. The normalized spacial score (nSPS) is 13.2. The number of nitrogens with zero attached hydrogens (tertiary/aromatic N) is 4. The second kappa shape index (κ2) is 9.64. The van der Waals surface area contributed by atoms with E-state index in [1.54, 1.807) is 26.3 Å². The Bertz CT molecular complexity index is 1110. The van der Waals surface area contributed by atoms with E-state index >= 15 is 0 Å². The molecular weight excluding hydrogens is 408 g/mol. The molecule has 0 bridgehead atoms. The van der Waals surface area contributed by atoms with Gasteiger partial charge < -0.3 is 19.3 Å². The number of anilines is 1. The number of fused-ring (bicyclic) bond motifs is 1. The summed E-state index contributed by atoms with van der Waals surface area (Å²) in [7, 11) is 3.32. The van der Waals surface area contributed by atoms with E-state index in [2.05, 4.69) is 15.1 Å². The summed E-state index contributed by atoms with van der Waals surface area (Å²) in [6.07, 6.45) is 2.27. The Hall–Kier alpha value is -3.68. The standard InChI is InChI=1S/C24H26N4O4/c1-27(15-17-5-6-19-14-20(31-2)8-7-18(19)13-17)23(29)16-32-24(30)21-9-10-22(26-25-21)28-11-3-4-12-28/h5-10,13-14H,3-4,11-12,15-16H2,1-2H3. The van der Waals surface area contributed by atoms with Gasteiger partial charge in [-0.15, -0.1) is 10.2 Å². The third kappa shape index (κ3) is 4.96. The van der Waals surface area contributed by atoms with Gasteiger partial charge in [0.15, 0.2) is 18.1 Å². The van der Waals surface area contributed by atoms with Crippen molar-refractivity contribution in [3.8, 4) is 5.75 Å². The number of rotatable bonds is 7. The van der Waals surface area contributed by atoms with E-state index in [1.807, 2.05) is 36.4 Å². The fourth-order valence-electron chi connectivity index (χ4n) is 3.72. The zero-order valence-corrected chi connectivity index (χ0v) is 18.3. The zero-order valence-electron chi connectivity index (χ0n) is 18.3. The lowest BCUT2D eigenvalue weighted by Crippen LogP contribution is -2.31. The van der Waals surface area contributed by atoms with Gasteiger partial charge in [-0.05, 0) is 59.5 Å². The molecule has 166 valence electrons. The lowest BCUT2D eigenvalue weighted by atomic mass is 10.1. The Morgan fingerprint density at radius 1 is 1.00 bits per heavy atom. The Morgan fingerprint density at radius 3 is 2.47 bits per heavy atom. The average molecular weight is 434 g/mol. The molecule has 2 heterocycles. The molecule has 8 heteroatoms. The Kier molecular flexibility index (Phi) is 6.49. The lowest BCUT2D eigenvalue weighted by molar-refractivity contribution is -0.133. The van der Waals surface area contributed by atoms with E-state index in [0.29, 0.717) is 6.54 Å². The molecule has 4 rings (SSSR count). The second-order valence-corrected chi connectivity index (χ2v) is 7.84. The highest BCUT2D eigenvalue weighted by molar-refractivity contribution is 5.89. The molecule has 1 fully saturated rings. The van der Waals surface area contributed by atoms with Crippen molar-refractivity contribution in [2.75, 3.05) is 38.8 Å². The molecule has 0 N–H and O–H groups in total. The molecule has 0 unspecified atom stereocenters. The fourth-order valence-corrected chi connectivity index (χ4v) is 3.72. The molecule has 1 saturated heterocycles. The number of likely N-dealkylation sites (N-methyl/N-ethyl adjacent to an activating group) is 1. The molecule has 0 saturated carbocycles. The molecule has 0 atom stereocenters. The molecule has 3 aromatic rings. The van der Waals surface area contributed by atoms with Crippen molar-refractivity contribution in [3.05, 3.63) is 59.8 Å². The molecule has 0 spiro atoms. The topological polar surface area (TPSA) is 84.9 Å². The number of benzene rings is 2. The maximum atomic E-state index is 12.4. The third-order valence-corrected chi connectivity index (χ3v) is 5.57. The van der Waals surface area contributed by atoms with Crippen LogP contribution in [0.5, 0.6) is 5.75 Å². The molecule has 0 radical (unpaired) electrons. The highest BCUT2D eigenvalue weighted by Gasteiger charge is 2.18. The summed E-state index contributed by atoms with van der Waals surface area (Å²) >= 11 is 0. The van der Waals surface area contributed by atoms with Crippen molar-refractivity contribution in [3.63, 3.8) is 0 Å². The van der Waals surface area contributed by atoms with E-state index in [9.17, 15) is 9.59 Å². The molecule has 32 heavy (non-hydrogen) atoms. The van der Waals surface area contributed by atoms with Crippen LogP contribution in [0.2, 0.25) is 0 Å². The number of aromatic nitrogens is 2. The molecule has 1 aromatic heterocycles. The van der Waals surface area contributed by atoms with Crippen molar-refractivity contribution in [2.45, 2.75) is 19.4 Å². The zero-order chi connectivity index (χ0) is 22.5. The van der Waals surface area contributed by atoms with E-state index in [-0.39, 0.29) is 18.2 Å². The Balaban J connectivity index is 1.30. The van der Waals surface area contributed by atoms with Gasteiger partial charge in [0, 0.05) is 26.7 Å². The number of esters is 1. The summed E-state index contributed by atoms with van der Waals surface area (Å²) < 4.78 is 10.4. The van der Waals surface area contributed by atoms with Crippen molar-refractivity contribution >= 4 is 28.5 Å². The van der Waals surface area contributed by atoms with Gasteiger partial charge in [0.2, 0.25) is 0 Å². The first kappa shape index (κ1) is 21.5. The highest BCUT2D eigenvalue weighted by atomic mass is 16.5. The van der Waals surface area contributed by atoms with Crippen LogP contribution >= 0.6 is 0 Å². The quantitative estimate of drug-likeness (QED) is 0.529. The molecule has 8 nitrogen and oxygen atoms in total. The van der Waals surface area contributed by atoms with Crippen molar-refractivity contribution < 1.29 is 19.1 Å². The number of methoxy groups -OCH3 is 1. The minimum Gasteiger partial charge on any atom is -0.497 e. The first-order valence-corrected chi connectivity index (χ1v) is 10.6. The van der Waals surface area contributed by atoms with Crippen LogP contribution in [0.4, 0.5) is 5.82 Å². The second-order valence-electron chi connectivity index (χ2n) is 7.84. The number of ether oxygens (including phenoxy) is 2. The molecule has 1 amide bonds. The number of hydrogen-bond acceptors (Lipinski definition) is 7. The molecule has 2 aromatic carbocycles. The summed E-state index contributed by atoms with van der Waals surface area (Å²) in [5, 5.41) is 10.2. The number of carbonyl (C=O) groups is 2. The van der Waals surface area contributed by atoms with Crippen molar-refractivity contribution in [1.29, 1.82) is 0 Å². The van der Waals surface area contributed by atoms with Gasteiger partial charge in [0.1, 0.15) is 5.75 Å². The first-order chi connectivity index (χ1) is 15.5. The van der Waals surface area contributed by atoms with E-state index in [1.165, 1.54) is 4.90 Å². The molecule has 0 aliphatic carbocycles. The van der Waals surface area contributed by atoms with Crippen molar-refractivity contribution in [1.82, 2.24) is 15.1 Å². The van der Waals surface area contributed by atoms with Crippen LogP contribution in [-0.4, -0.2) is 60.8 Å². The number of amides is 1. The Morgan fingerprint density at radius 2 is 1.75 bits per heavy atom. The minimum atomic E-state index is -0.660. The molecule has 1 aliphatic heterocycles. The number of hydrogen-bond donors (Lipinski definition) is 0. The van der Waals surface area contributed by atoms with Crippen LogP contribution in [0.25, 0.3) is 10.8 Å². The third-order valence-electron chi connectivity index (χ3n) is 5.57. The predicted octanol–water partition coefficient (Wildman–Crippen LogP) is 3.05. The van der Waals surface area contributed by atoms with Crippen LogP contribution in [0, 0.1) is 0 Å². The predicted molar refractivity (Wildman–Crippen MR) is 121 cm³/mol. The van der Waals surface area contributed by atoms with Crippen LogP contribution in [0.1, 0.15) is 28.9 Å². The smallest absolute Gasteiger partial charge is 0.359 e. The van der Waals surface area contributed by atoms with Gasteiger partial charge in [0.05, 0.1) is 7.11 Å². The monoisotopic (exact) mass is 434 g/mol. The van der Waals surface area contributed by atoms with Gasteiger partial charge in [0.25, 0.3) is 5.91 Å². The highest BCUT2D eigenvalue weighted by Crippen LogP contribution is 2.22. The largest absolute Gasteiger partial charge is 0.497 e. The summed E-state index contributed by atoms with van der Waals surface area (Å²) in [4.78, 5) is 28.3. The van der Waals surface area contributed by atoms with E-state index in [4.69, 9.17) is 9.47 Å². The van der Waals surface area contributed by atoms with Gasteiger partial charge >= 0.3 is 5.97 Å². The van der Waals surface area contributed by atoms with Crippen LogP contribution in [-0.2, 0) is 16.1 Å². The number of carbonyl (C=O) groups excluding carboxylic acids is 2. The molecular formula is C24H26N4O4. The van der Waals surface area contributed by atoms with Crippen LogP contribution in [0.3, 0.4) is 0 Å². The van der Waals surface area contributed by atoms with Crippen molar-refractivity contribution in [2.24, 2.45) is 0 Å². The summed E-state index contributed by atoms with van der Waals surface area (Å²) in [5.74, 6) is 0.597. The van der Waals surface area contributed by atoms with E-state index in [0.717, 1.165) is 53.8 Å². The SMILES string of the molecule is COc1ccc2cc(CN(C)C(=O)COC(=O)c3ccc(N4CCCC4)nn3)ccc2c1. The Labute approximate surface area is 186 Å². The summed E-state index contributed by atoms with van der Waals surface area (Å²) in [6.45, 7) is 1.95. The summed E-state index contributed by atoms with van der Waals surface area (Å²) in [5.41, 5.74) is 1.07. The van der Waals surface area contributed by atoms with Gasteiger partial charge in [-0.3, -0.25) is 4.79 Å². The first-order valence-electron chi connectivity index (χ1n) is 10.6. The van der Waals surface area contributed by atoms with Crippen LogP contribution < -0.4 is 9.64 Å². The van der Waals surface area contributed by atoms with Gasteiger partial charge in [-0.1, -0.05) is 18.2 Å². The maximum absolute atomic E-state index is 12.4. The molecule has 1 aliphatic rings. The van der Waals surface area contributed by atoms with Gasteiger partial charge in [-0.25, -0.2) is 4.79 Å². The maximum Gasteiger partial charge on any atom is 0.359 e. The fraction of sp³-hybridized carbons (Fsp3) is 0.333. The summed E-state index contributed by atoms with van der Waals surface area (Å²) in [6, 6.07) is 15.2. The van der Waals surface area contributed by atoms with Crippen LogP contribution in [0.15, 0.2) is 48.5 Å².